The van der Waals surface area contributed by atoms with Gasteiger partial charge in [-0.25, -0.2) is 4.98 Å². The van der Waals surface area contributed by atoms with Crippen LogP contribution in [-0.2, 0) is 0 Å². The van der Waals surface area contributed by atoms with Gasteiger partial charge >= 0.3 is 0 Å². The minimum atomic E-state index is 0.0986. The SMILES string of the molecule is COc1ccccc1-c1c[nH]c2ncc(-c3cccc(C(=O)N4CCN(CC(C)C)CC4)c3)cc12. The van der Waals surface area contributed by atoms with Crippen molar-refractivity contribution < 1.29 is 9.53 Å². The van der Waals surface area contributed by atoms with E-state index in [2.05, 4.69) is 34.8 Å². The van der Waals surface area contributed by atoms with Crippen LogP contribution in [0.3, 0.4) is 0 Å². The molecule has 35 heavy (non-hydrogen) atoms. The minimum absolute atomic E-state index is 0.0986. The number of carbonyl (C=O) groups is 1. The Morgan fingerprint density at radius 1 is 1.00 bits per heavy atom. The smallest absolute Gasteiger partial charge is 0.253 e. The van der Waals surface area contributed by atoms with Gasteiger partial charge in [0.2, 0.25) is 0 Å². The number of rotatable bonds is 6. The second kappa shape index (κ2) is 9.92. The van der Waals surface area contributed by atoms with Crippen LogP contribution < -0.4 is 4.74 Å². The molecule has 0 bridgehead atoms. The number of aromatic nitrogens is 2. The van der Waals surface area contributed by atoms with E-state index in [4.69, 9.17) is 4.74 Å². The molecule has 0 aliphatic carbocycles. The predicted molar refractivity (Wildman–Crippen MR) is 141 cm³/mol. The molecule has 0 unspecified atom stereocenters. The van der Waals surface area contributed by atoms with Crippen molar-refractivity contribution in [3.63, 3.8) is 0 Å². The number of carbonyl (C=O) groups excluding carboxylic acids is 1. The Bertz CT molecular complexity index is 1340. The van der Waals surface area contributed by atoms with Crippen LogP contribution >= 0.6 is 0 Å². The number of nitrogens with zero attached hydrogens (tertiary/aromatic N) is 3. The van der Waals surface area contributed by atoms with E-state index < -0.39 is 0 Å². The molecule has 0 saturated carbocycles. The molecule has 1 fully saturated rings. The number of pyridine rings is 1. The van der Waals surface area contributed by atoms with E-state index in [0.717, 1.165) is 77.3 Å². The van der Waals surface area contributed by atoms with Gasteiger partial charge in [0.1, 0.15) is 11.4 Å². The monoisotopic (exact) mass is 468 g/mol. The van der Waals surface area contributed by atoms with Crippen LogP contribution in [0.2, 0.25) is 0 Å². The van der Waals surface area contributed by atoms with Crippen molar-refractivity contribution in [1.82, 2.24) is 19.8 Å². The third-order valence-corrected chi connectivity index (χ3v) is 6.65. The highest BCUT2D eigenvalue weighted by molar-refractivity contribution is 5.98. The second-order valence-electron chi connectivity index (χ2n) is 9.59. The van der Waals surface area contributed by atoms with Crippen molar-refractivity contribution in [2.75, 3.05) is 39.8 Å². The van der Waals surface area contributed by atoms with Crippen LogP contribution in [0.25, 0.3) is 33.3 Å². The van der Waals surface area contributed by atoms with Crippen LogP contribution in [-0.4, -0.2) is 65.5 Å². The highest BCUT2D eigenvalue weighted by Crippen LogP contribution is 2.36. The number of fused-ring (bicyclic) bond motifs is 1. The molecule has 5 rings (SSSR count). The Labute approximate surface area is 206 Å². The zero-order chi connectivity index (χ0) is 24.4. The minimum Gasteiger partial charge on any atom is -0.496 e. The van der Waals surface area contributed by atoms with Gasteiger partial charge in [-0.1, -0.05) is 44.2 Å². The first-order valence-corrected chi connectivity index (χ1v) is 12.3. The number of ether oxygens (including phenoxy) is 1. The van der Waals surface area contributed by atoms with Gasteiger partial charge < -0.3 is 14.6 Å². The van der Waals surface area contributed by atoms with Crippen LogP contribution in [0.5, 0.6) is 5.75 Å². The number of aromatic amines is 1. The molecule has 1 aliphatic heterocycles. The molecule has 1 aliphatic rings. The topological polar surface area (TPSA) is 61.5 Å². The number of piperazine rings is 1. The summed E-state index contributed by atoms with van der Waals surface area (Å²) in [6, 6.07) is 18.0. The van der Waals surface area contributed by atoms with Gasteiger partial charge in [-0.15, -0.1) is 0 Å². The molecule has 6 heteroatoms. The van der Waals surface area contributed by atoms with E-state index in [0.29, 0.717) is 5.92 Å². The normalized spacial score (nSPS) is 14.6. The molecule has 2 aromatic heterocycles. The standard InChI is InChI=1S/C29H32N4O2/c1-20(2)19-32-11-13-33(14-12-32)29(34)22-8-6-7-21(15-22)23-16-25-26(18-31-28(25)30-17-23)24-9-4-5-10-27(24)35-3/h4-10,15-18,20H,11-14,19H2,1-3H3,(H,30,31). The Balaban J connectivity index is 1.41. The molecule has 1 saturated heterocycles. The van der Waals surface area contributed by atoms with Gasteiger partial charge in [-0.3, -0.25) is 9.69 Å². The molecule has 0 spiro atoms. The number of hydrogen-bond acceptors (Lipinski definition) is 4. The molecule has 1 amide bonds. The molecule has 6 nitrogen and oxygen atoms in total. The van der Waals surface area contributed by atoms with Gasteiger partial charge in [0.25, 0.3) is 5.91 Å². The zero-order valence-electron chi connectivity index (χ0n) is 20.6. The lowest BCUT2D eigenvalue weighted by Gasteiger charge is -2.35. The Kier molecular flexibility index (Phi) is 6.55. The molecule has 180 valence electrons. The third kappa shape index (κ3) is 4.80. The van der Waals surface area contributed by atoms with Crippen LogP contribution in [0.4, 0.5) is 0 Å². The predicted octanol–water partition coefficient (Wildman–Crippen LogP) is 5.32. The quantitative estimate of drug-likeness (QED) is 0.416. The lowest BCUT2D eigenvalue weighted by molar-refractivity contribution is 0.0624. The molecule has 4 aromatic rings. The summed E-state index contributed by atoms with van der Waals surface area (Å²) in [7, 11) is 1.68. The fourth-order valence-electron chi connectivity index (χ4n) is 4.92. The van der Waals surface area contributed by atoms with Crippen LogP contribution in [0.15, 0.2) is 67.0 Å². The largest absolute Gasteiger partial charge is 0.496 e. The van der Waals surface area contributed by atoms with Crippen molar-refractivity contribution in [3.8, 4) is 28.0 Å². The number of benzene rings is 2. The van der Waals surface area contributed by atoms with Gasteiger partial charge in [0.15, 0.2) is 0 Å². The first kappa shape index (κ1) is 23.1. The summed E-state index contributed by atoms with van der Waals surface area (Å²) in [6.07, 6.45) is 3.83. The molecule has 2 aromatic carbocycles. The second-order valence-corrected chi connectivity index (χ2v) is 9.59. The van der Waals surface area contributed by atoms with E-state index in [-0.39, 0.29) is 5.91 Å². The summed E-state index contributed by atoms with van der Waals surface area (Å²) >= 11 is 0. The van der Waals surface area contributed by atoms with Gasteiger partial charge in [0, 0.05) is 72.8 Å². The van der Waals surface area contributed by atoms with E-state index in [1.807, 2.05) is 65.8 Å². The van der Waals surface area contributed by atoms with Gasteiger partial charge in [0.05, 0.1) is 7.11 Å². The number of nitrogens with one attached hydrogen (secondary N) is 1. The average Bonchev–Trinajstić information content (AvgIpc) is 3.31. The van der Waals surface area contributed by atoms with E-state index >= 15 is 0 Å². The molecule has 1 N–H and O–H groups in total. The molecule has 0 atom stereocenters. The molecular formula is C29H32N4O2. The van der Waals surface area contributed by atoms with E-state index in [1.54, 1.807) is 7.11 Å². The highest BCUT2D eigenvalue weighted by Gasteiger charge is 2.23. The van der Waals surface area contributed by atoms with Gasteiger partial charge in [-0.05, 0) is 35.7 Å². The van der Waals surface area contributed by atoms with Crippen molar-refractivity contribution in [2.24, 2.45) is 5.92 Å². The number of hydrogen-bond donors (Lipinski definition) is 1. The molecule has 0 radical (unpaired) electrons. The summed E-state index contributed by atoms with van der Waals surface area (Å²) in [5.74, 6) is 1.56. The number of amides is 1. The maximum Gasteiger partial charge on any atom is 0.253 e. The van der Waals surface area contributed by atoms with Crippen molar-refractivity contribution in [2.45, 2.75) is 13.8 Å². The van der Waals surface area contributed by atoms with E-state index in [9.17, 15) is 4.79 Å². The number of para-hydroxylation sites is 1. The maximum atomic E-state index is 13.3. The number of methoxy groups -OCH3 is 1. The van der Waals surface area contributed by atoms with Crippen LogP contribution in [0.1, 0.15) is 24.2 Å². The summed E-state index contributed by atoms with van der Waals surface area (Å²) in [4.78, 5) is 25.6. The Morgan fingerprint density at radius 2 is 1.80 bits per heavy atom. The maximum absolute atomic E-state index is 13.3. The summed E-state index contributed by atoms with van der Waals surface area (Å²) in [6.45, 7) is 8.98. The summed E-state index contributed by atoms with van der Waals surface area (Å²) in [5, 5.41) is 1.02. The molecular weight excluding hydrogens is 436 g/mol. The summed E-state index contributed by atoms with van der Waals surface area (Å²) in [5.41, 5.74) is 5.56. The van der Waals surface area contributed by atoms with Gasteiger partial charge in [-0.2, -0.15) is 0 Å². The van der Waals surface area contributed by atoms with Crippen LogP contribution in [0, 0.1) is 5.92 Å². The zero-order valence-corrected chi connectivity index (χ0v) is 20.6. The Hall–Kier alpha value is -3.64. The Morgan fingerprint density at radius 3 is 2.57 bits per heavy atom. The van der Waals surface area contributed by atoms with Crippen molar-refractivity contribution in [1.29, 1.82) is 0 Å². The molecule has 3 heterocycles. The number of H-pyrrole nitrogens is 1. The summed E-state index contributed by atoms with van der Waals surface area (Å²) < 4.78 is 5.58. The third-order valence-electron chi connectivity index (χ3n) is 6.65. The first-order chi connectivity index (χ1) is 17.0. The highest BCUT2D eigenvalue weighted by atomic mass is 16.5. The average molecular weight is 469 g/mol. The first-order valence-electron chi connectivity index (χ1n) is 12.3. The van der Waals surface area contributed by atoms with Crippen molar-refractivity contribution in [3.05, 3.63) is 72.6 Å². The fourth-order valence-corrected chi connectivity index (χ4v) is 4.92. The lowest BCUT2D eigenvalue weighted by Crippen LogP contribution is -2.49. The lowest BCUT2D eigenvalue weighted by atomic mass is 10.00. The van der Waals surface area contributed by atoms with Crippen molar-refractivity contribution >= 4 is 16.9 Å². The fraction of sp³-hybridized carbons (Fsp3) is 0.310. The van der Waals surface area contributed by atoms with E-state index in [1.165, 1.54) is 0 Å².